The SMILES string of the molecule is CC(C)(C)OC(=O)N1Cc2ccc(-c3ncon3)cc2C1. The van der Waals surface area contributed by atoms with Gasteiger partial charge < -0.3 is 9.26 Å². The van der Waals surface area contributed by atoms with E-state index in [1.165, 1.54) is 6.39 Å². The van der Waals surface area contributed by atoms with Crippen LogP contribution in [0.2, 0.25) is 0 Å². The fourth-order valence-corrected chi connectivity index (χ4v) is 2.29. The average Bonchev–Trinajstić information content (AvgIpc) is 3.05. The third-order valence-corrected chi connectivity index (χ3v) is 3.20. The summed E-state index contributed by atoms with van der Waals surface area (Å²) in [7, 11) is 0. The summed E-state index contributed by atoms with van der Waals surface area (Å²) in [6.45, 7) is 6.69. The van der Waals surface area contributed by atoms with E-state index >= 15 is 0 Å². The first-order valence-electron chi connectivity index (χ1n) is 6.79. The van der Waals surface area contributed by atoms with E-state index in [4.69, 9.17) is 9.26 Å². The molecule has 0 N–H and O–H groups in total. The number of carbonyl (C=O) groups is 1. The van der Waals surface area contributed by atoms with Crippen molar-refractivity contribution in [3.05, 3.63) is 35.7 Å². The van der Waals surface area contributed by atoms with Crippen LogP contribution in [0.4, 0.5) is 4.79 Å². The zero-order valence-electron chi connectivity index (χ0n) is 12.3. The highest BCUT2D eigenvalue weighted by Crippen LogP contribution is 2.28. The van der Waals surface area contributed by atoms with Crippen LogP contribution in [0.5, 0.6) is 0 Å². The molecule has 0 aliphatic carbocycles. The number of carbonyl (C=O) groups excluding carboxylic acids is 1. The molecular weight excluding hydrogens is 270 g/mol. The minimum atomic E-state index is -0.484. The van der Waals surface area contributed by atoms with Gasteiger partial charge in [0.25, 0.3) is 0 Å². The number of rotatable bonds is 1. The highest BCUT2D eigenvalue weighted by Gasteiger charge is 2.28. The fraction of sp³-hybridized carbons (Fsp3) is 0.400. The summed E-state index contributed by atoms with van der Waals surface area (Å²) in [5.74, 6) is 0.550. The van der Waals surface area contributed by atoms with Crippen LogP contribution in [-0.2, 0) is 17.8 Å². The highest BCUT2D eigenvalue weighted by molar-refractivity contribution is 5.70. The lowest BCUT2D eigenvalue weighted by atomic mass is 10.1. The van der Waals surface area contributed by atoms with Crippen LogP contribution < -0.4 is 0 Å². The Morgan fingerprint density at radius 3 is 2.71 bits per heavy atom. The Balaban J connectivity index is 1.77. The standard InChI is InChI=1S/C15H17N3O3/c1-15(2,3)21-14(19)18-7-11-5-4-10(6-12(11)8-18)13-16-9-20-17-13/h4-6,9H,7-8H2,1-3H3. The normalized spacial score (nSPS) is 14.1. The van der Waals surface area contributed by atoms with E-state index in [1.54, 1.807) is 4.90 Å². The Kier molecular flexibility index (Phi) is 3.16. The molecule has 2 aromatic rings. The Labute approximate surface area is 122 Å². The van der Waals surface area contributed by atoms with Crippen molar-refractivity contribution in [2.24, 2.45) is 0 Å². The highest BCUT2D eigenvalue weighted by atomic mass is 16.6. The van der Waals surface area contributed by atoms with Gasteiger partial charge in [0, 0.05) is 18.7 Å². The summed E-state index contributed by atoms with van der Waals surface area (Å²) < 4.78 is 10.2. The van der Waals surface area contributed by atoms with Gasteiger partial charge in [-0.05, 0) is 38.0 Å². The second kappa shape index (κ2) is 4.87. The van der Waals surface area contributed by atoms with Crippen molar-refractivity contribution in [2.45, 2.75) is 39.5 Å². The predicted octanol–water partition coefficient (Wildman–Crippen LogP) is 2.99. The van der Waals surface area contributed by atoms with Gasteiger partial charge in [0.2, 0.25) is 12.2 Å². The van der Waals surface area contributed by atoms with E-state index in [9.17, 15) is 4.79 Å². The van der Waals surface area contributed by atoms with Crippen LogP contribution in [0.15, 0.2) is 29.1 Å². The molecule has 0 atom stereocenters. The molecule has 0 saturated heterocycles. The lowest BCUT2D eigenvalue weighted by Crippen LogP contribution is -2.33. The Bertz CT molecular complexity index is 659. The number of ether oxygens (including phenoxy) is 1. The maximum atomic E-state index is 12.1. The Morgan fingerprint density at radius 1 is 1.29 bits per heavy atom. The van der Waals surface area contributed by atoms with Crippen LogP contribution in [0.25, 0.3) is 11.4 Å². The molecule has 6 nitrogen and oxygen atoms in total. The first-order valence-corrected chi connectivity index (χ1v) is 6.79. The van der Waals surface area contributed by atoms with Crippen molar-refractivity contribution < 1.29 is 14.1 Å². The van der Waals surface area contributed by atoms with Gasteiger partial charge in [-0.1, -0.05) is 17.3 Å². The first kappa shape index (κ1) is 13.6. The van der Waals surface area contributed by atoms with Crippen molar-refractivity contribution in [1.82, 2.24) is 15.0 Å². The second-order valence-electron chi connectivity index (χ2n) is 6.07. The van der Waals surface area contributed by atoms with Gasteiger partial charge in [0.05, 0.1) is 0 Å². The Hall–Kier alpha value is -2.37. The number of nitrogens with zero attached hydrogens (tertiary/aromatic N) is 3. The van der Waals surface area contributed by atoms with Crippen LogP contribution in [0, 0.1) is 0 Å². The summed E-state index contributed by atoms with van der Waals surface area (Å²) in [6.07, 6.45) is 1.01. The predicted molar refractivity (Wildman–Crippen MR) is 75.2 cm³/mol. The molecule has 2 heterocycles. The summed E-state index contributed by atoms with van der Waals surface area (Å²) in [6, 6.07) is 5.91. The maximum absolute atomic E-state index is 12.1. The molecule has 110 valence electrons. The maximum Gasteiger partial charge on any atom is 0.410 e. The van der Waals surface area contributed by atoms with E-state index in [1.807, 2.05) is 39.0 Å². The first-order chi connectivity index (χ1) is 9.92. The summed E-state index contributed by atoms with van der Waals surface area (Å²) >= 11 is 0. The zero-order chi connectivity index (χ0) is 15.0. The van der Waals surface area contributed by atoms with E-state index in [2.05, 4.69) is 10.1 Å². The molecule has 1 amide bonds. The minimum absolute atomic E-state index is 0.292. The molecule has 1 aromatic carbocycles. The zero-order valence-corrected chi connectivity index (χ0v) is 12.3. The van der Waals surface area contributed by atoms with Gasteiger partial charge in [-0.2, -0.15) is 4.98 Å². The fourth-order valence-electron chi connectivity index (χ4n) is 2.29. The number of hydrogen-bond acceptors (Lipinski definition) is 5. The smallest absolute Gasteiger partial charge is 0.410 e. The number of hydrogen-bond donors (Lipinski definition) is 0. The van der Waals surface area contributed by atoms with E-state index in [-0.39, 0.29) is 6.09 Å². The molecule has 0 bridgehead atoms. The van der Waals surface area contributed by atoms with Crippen LogP contribution in [-0.4, -0.2) is 26.7 Å². The molecule has 1 aliphatic rings. The lowest BCUT2D eigenvalue weighted by Gasteiger charge is -2.24. The molecule has 1 aromatic heterocycles. The van der Waals surface area contributed by atoms with Gasteiger partial charge in [0.1, 0.15) is 5.60 Å². The third-order valence-electron chi connectivity index (χ3n) is 3.20. The third kappa shape index (κ3) is 2.89. The van der Waals surface area contributed by atoms with Crippen LogP contribution in [0.1, 0.15) is 31.9 Å². The number of fused-ring (bicyclic) bond motifs is 1. The molecular formula is C15H17N3O3. The molecule has 0 radical (unpaired) electrons. The number of aromatic nitrogens is 2. The molecule has 0 unspecified atom stereocenters. The summed E-state index contributed by atoms with van der Waals surface area (Å²) in [4.78, 5) is 17.8. The molecule has 0 fully saturated rings. The summed E-state index contributed by atoms with van der Waals surface area (Å²) in [5, 5.41) is 3.82. The van der Waals surface area contributed by atoms with Crippen molar-refractivity contribution in [3.63, 3.8) is 0 Å². The van der Waals surface area contributed by atoms with Crippen molar-refractivity contribution in [2.75, 3.05) is 0 Å². The second-order valence-corrected chi connectivity index (χ2v) is 6.07. The topological polar surface area (TPSA) is 68.5 Å². The number of amides is 1. The minimum Gasteiger partial charge on any atom is -0.444 e. The van der Waals surface area contributed by atoms with E-state index in [0.29, 0.717) is 18.9 Å². The molecule has 21 heavy (non-hydrogen) atoms. The quantitative estimate of drug-likeness (QED) is 0.806. The molecule has 0 spiro atoms. The van der Waals surface area contributed by atoms with E-state index < -0.39 is 5.60 Å². The van der Waals surface area contributed by atoms with Gasteiger partial charge in [-0.3, -0.25) is 4.90 Å². The van der Waals surface area contributed by atoms with Gasteiger partial charge in [0.15, 0.2) is 0 Å². The van der Waals surface area contributed by atoms with Crippen molar-refractivity contribution in [1.29, 1.82) is 0 Å². The van der Waals surface area contributed by atoms with Crippen molar-refractivity contribution in [3.8, 4) is 11.4 Å². The molecule has 3 rings (SSSR count). The Morgan fingerprint density at radius 2 is 2.05 bits per heavy atom. The average molecular weight is 287 g/mol. The molecule has 6 heteroatoms. The monoisotopic (exact) mass is 287 g/mol. The molecule has 1 aliphatic heterocycles. The van der Waals surface area contributed by atoms with Gasteiger partial charge >= 0.3 is 6.09 Å². The van der Waals surface area contributed by atoms with Crippen LogP contribution in [0.3, 0.4) is 0 Å². The summed E-state index contributed by atoms with van der Waals surface area (Å²) in [5.41, 5.74) is 2.60. The largest absolute Gasteiger partial charge is 0.444 e. The van der Waals surface area contributed by atoms with Crippen LogP contribution >= 0.6 is 0 Å². The lowest BCUT2D eigenvalue weighted by molar-refractivity contribution is 0.0242. The van der Waals surface area contributed by atoms with Gasteiger partial charge in [-0.15, -0.1) is 0 Å². The number of benzene rings is 1. The van der Waals surface area contributed by atoms with Gasteiger partial charge in [-0.25, -0.2) is 4.79 Å². The van der Waals surface area contributed by atoms with Crippen molar-refractivity contribution >= 4 is 6.09 Å². The van der Waals surface area contributed by atoms with E-state index in [0.717, 1.165) is 16.7 Å². The molecule has 0 saturated carbocycles.